The van der Waals surface area contributed by atoms with Crippen molar-refractivity contribution in [3.8, 4) is 0 Å². The summed E-state index contributed by atoms with van der Waals surface area (Å²) in [5, 5.41) is 9.16. The van der Waals surface area contributed by atoms with Gasteiger partial charge in [-0.05, 0) is 63.2 Å². The molecule has 2 nitrogen and oxygen atoms in total. The van der Waals surface area contributed by atoms with Gasteiger partial charge in [0.15, 0.2) is 0 Å². The quantitative estimate of drug-likeness (QED) is 0.273. The zero-order valence-corrected chi connectivity index (χ0v) is 16.7. The molecule has 0 aromatic heterocycles. The van der Waals surface area contributed by atoms with Gasteiger partial charge in [-0.2, -0.15) is 0 Å². The summed E-state index contributed by atoms with van der Waals surface area (Å²) < 4.78 is 0. The van der Waals surface area contributed by atoms with Crippen LogP contribution < -0.4 is 0 Å². The van der Waals surface area contributed by atoms with Crippen LogP contribution in [0.3, 0.4) is 0 Å². The maximum absolute atomic E-state index is 11.1. The molecule has 0 aliphatic heterocycles. The van der Waals surface area contributed by atoms with Crippen LogP contribution in [0.2, 0.25) is 0 Å². The Hall–Kier alpha value is -1.57. The Bertz CT molecular complexity index is 441. The number of rotatable bonds is 14. The molecule has 0 spiro atoms. The summed E-state index contributed by atoms with van der Waals surface area (Å²) in [6.45, 7) is 8.58. The van der Waals surface area contributed by atoms with Crippen molar-refractivity contribution in [2.45, 2.75) is 72.6 Å². The fraction of sp³-hybridized carbons (Fsp3) is 0.609. The smallest absolute Gasteiger partial charge is 0.303 e. The van der Waals surface area contributed by atoms with Crippen molar-refractivity contribution in [1.82, 2.24) is 0 Å². The monoisotopic (exact) mass is 346 g/mol. The zero-order chi connectivity index (χ0) is 18.9. The van der Waals surface area contributed by atoms with Crippen molar-refractivity contribution < 1.29 is 9.90 Å². The van der Waals surface area contributed by atoms with E-state index in [1.807, 2.05) is 6.92 Å². The van der Waals surface area contributed by atoms with Gasteiger partial charge in [0.05, 0.1) is 0 Å². The van der Waals surface area contributed by atoms with E-state index in [-0.39, 0.29) is 12.3 Å². The molecule has 0 aromatic carbocycles. The Labute approximate surface area is 155 Å². The van der Waals surface area contributed by atoms with Crippen LogP contribution >= 0.6 is 0 Å². The summed E-state index contributed by atoms with van der Waals surface area (Å²) in [6.07, 6.45) is 23.8. The Morgan fingerprint density at radius 3 is 2.20 bits per heavy atom. The van der Waals surface area contributed by atoms with Crippen LogP contribution in [0.15, 0.2) is 48.6 Å². The lowest BCUT2D eigenvalue weighted by Crippen LogP contribution is -2.14. The molecule has 0 bridgehead atoms. The van der Waals surface area contributed by atoms with Gasteiger partial charge in [-0.25, -0.2) is 0 Å². The lowest BCUT2D eigenvalue weighted by atomic mass is 9.86. The molecule has 0 rings (SSSR count). The average Bonchev–Trinajstić information content (AvgIpc) is 2.54. The maximum atomic E-state index is 11.1. The third kappa shape index (κ3) is 15.7. The summed E-state index contributed by atoms with van der Waals surface area (Å²) >= 11 is 0. The third-order valence-corrected chi connectivity index (χ3v) is 4.29. The number of carboxylic acid groups (broad SMARTS) is 1. The van der Waals surface area contributed by atoms with Crippen LogP contribution in [0.4, 0.5) is 0 Å². The van der Waals surface area contributed by atoms with E-state index in [2.05, 4.69) is 69.4 Å². The van der Waals surface area contributed by atoms with Gasteiger partial charge in [0.25, 0.3) is 0 Å². The summed E-state index contributed by atoms with van der Waals surface area (Å²) in [7, 11) is 0. The van der Waals surface area contributed by atoms with Crippen molar-refractivity contribution in [3.05, 3.63) is 48.6 Å². The zero-order valence-electron chi connectivity index (χ0n) is 16.7. The van der Waals surface area contributed by atoms with Crippen LogP contribution in [0.25, 0.3) is 0 Å². The minimum Gasteiger partial charge on any atom is -0.481 e. The molecular formula is C23H38O2. The van der Waals surface area contributed by atoms with Gasteiger partial charge >= 0.3 is 5.97 Å². The number of allylic oxidation sites excluding steroid dienone is 8. The molecule has 1 N–H and O–H groups in total. The largest absolute Gasteiger partial charge is 0.481 e. The molecule has 0 aromatic rings. The first-order chi connectivity index (χ1) is 12.0. The lowest BCUT2D eigenvalue weighted by molar-refractivity contribution is -0.138. The molecule has 2 atom stereocenters. The van der Waals surface area contributed by atoms with Crippen molar-refractivity contribution in [1.29, 1.82) is 0 Å². The van der Waals surface area contributed by atoms with Gasteiger partial charge in [0.2, 0.25) is 0 Å². The minimum absolute atomic E-state index is 0.232. The van der Waals surface area contributed by atoms with Crippen LogP contribution in [0.5, 0.6) is 0 Å². The normalized spacial score (nSPS) is 15.2. The molecule has 0 heterocycles. The van der Waals surface area contributed by atoms with Gasteiger partial charge < -0.3 is 5.11 Å². The number of carboxylic acids is 1. The molecule has 142 valence electrons. The molecule has 0 radical (unpaired) electrons. The summed E-state index contributed by atoms with van der Waals surface area (Å²) in [5.41, 5.74) is 0. The lowest BCUT2D eigenvalue weighted by Gasteiger charge is -2.19. The number of unbranched alkanes of at least 4 members (excludes halogenated alkanes) is 1. The summed E-state index contributed by atoms with van der Waals surface area (Å²) in [5.74, 6) is 0.526. The van der Waals surface area contributed by atoms with Crippen LogP contribution in [-0.2, 0) is 4.79 Å². The van der Waals surface area contributed by atoms with E-state index in [9.17, 15) is 4.79 Å². The van der Waals surface area contributed by atoms with Crippen molar-refractivity contribution >= 4 is 5.97 Å². The van der Waals surface area contributed by atoms with E-state index >= 15 is 0 Å². The van der Waals surface area contributed by atoms with E-state index in [0.29, 0.717) is 11.8 Å². The van der Waals surface area contributed by atoms with E-state index in [0.717, 1.165) is 38.5 Å². The highest BCUT2D eigenvalue weighted by molar-refractivity contribution is 5.67. The summed E-state index contributed by atoms with van der Waals surface area (Å²) in [4.78, 5) is 11.1. The Kier molecular flexibility index (Phi) is 14.9. The molecule has 0 fully saturated rings. The Balaban J connectivity index is 4.16. The maximum Gasteiger partial charge on any atom is 0.303 e. The SMILES string of the molecule is CC=CCC=CCC=CCCCC(CC(=O)O)C(C)C=CCC(C)C. The van der Waals surface area contributed by atoms with Gasteiger partial charge in [-0.15, -0.1) is 0 Å². The highest BCUT2D eigenvalue weighted by atomic mass is 16.4. The van der Waals surface area contributed by atoms with E-state index < -0.39 is 5.97 Å². The van der Waals surface area contributed by atoms with Crippen LogP contribution in [0.1, 0.15) is 72.6 Å². The molecule has 0 amide bonds. The molecular weight excluding hydrogens is 308 g/mol. The molecule has 0 saturated carbocycles. The average molecular weight is 347 g/mol. The van der Waals surface area contributed by atoms with Crippen LogP contribution in [0, 0.1) is 17.8 Å². The van der Waals surface area contributed by atoms with Gasteiger partial charge in [0.1, 0.15) is 0 Å². The van der Waals surface area contributed by atoms with Crippen molar-refractivity contribution in [2.24, 2.45) is 17.8 Å². The van der Waals surface area contributed by atoms with E-state index in [1.54, 1.807) is 0 Å². The standard InChI is InChI=1S/C23H38O2/c1-5-6-7-8-9-10-11-12-13-14-18-22(19-23(24)25)21(4)17-15-16-20(2)3/h5-6,8-9,11-12,15,17,20-22H,7,10,13-14,16,18-19H2,1-4H3,(H,24,25). The Morgan fingerprint density at radius 2 is 1.60 bits per heavy atom. The second-order valence-electron chi connectivity index (χ2n) is 7.19. The van der Waals surface area contributed by atoms with Crippen LogP contribution in [-0.4, -0.2) is 11.1 Å². The second kappa shape index (κ2) is 15.9. The second-order valence-corrected chi connectivity index (χ2v) is 7.19. The van der Waals surface area contributed by atoms with Gasteiger partial charge in [0, 0.05) is 6.42 Å². The molecule has 0 aliphatic rings. The Morgan fingerprint density at radius 1 is 0.960 bits per heavy atom. The first kappa shape index (κ1) is 23.4. The predicted octanol–water partition coefficient (Wildman–Crippen LogP) is 6.95. The number of hydrogen-bond donors (Lipinski definition) is 1. The highest BCUT2D eigenvalue weighted by Gasteiger charge is 2.17. The van der Waals surface area contributed by atoms with Gasteiger partial charge in [-0.1, -0.05) is 69.4 Å². The molecule has 0 saturated heterocycles. The predicted molar refractivity (Wildman–Crippen MR) is 110 cm³/mol. The number of carbonyl (C=O) groups is 1. The number of hydrogen-bond acceptors (Lipinski definition) is 1. The fourth-order valence-corrected chi connectivity index (χ4v) is 2.70. The third-order valence-electron chi connectivity index (χ3n) is 4.29. The fourth-order valence-electron chi connectivity index (χ4n) is 2.70. The van der Waals surface area contributed by atoms with Crippen molar-refractivity contribution in [3.63, 3.8) is 0 Å². The molecule has 25 heavy (non-hydrogen) atoms. The first-order valence-corrected chi connectivity index (χ1v) is 9.76. The molecule has 2 heteroatoms. The highest BCUT2D eigenvalue weighted by Crippen LogP contribution is 2.24. The van der Waals surface area contributed by atoms with E-state index in [4.69, 9.17) is 5.11 Å². The summed E-state index contributed by atoms with van der Waals surface area (Å²) in [6, 6.07) is 0. The first-order valence-electron chi connectivity index (χ1n) is 9.76. The molecule has 0 aliphatic carbocycles. The number of aliphatic carboxylic acids is 1. The topological polar surface area (TPSA) is 37.3 Å². The van der Waals surface area contributed by atoms with Crippen molar-refractivity contribution in [2.75, 3.05) is 0 Å². The van der Waals surface area contributed by atoms with Gasteiger partial charge in [-0.3, -0.25) is 4.79 Å². The minimum atomic E-state index is -0.684. The molecule has 2 unspecified atom stereocenters. The van der Waals surface area contributed by atoms with E-state index in [1.165, 1.54) is 0 Å².